The number of ketones is 1. The summed E-state index contributed by atoms with van der Waals surface area (Å²) in [5, 5.41) is 20.2. The van der Waals surface area contributed by atoms with Crippen LogP contribution in [-0.4, -0.2) is 42.1 Å². The molecule has 1 saturated heterocycles. The molecule has 0 saturated carbocycles. The second-order valence-corrected chi connectivity index (χ2v) is 7.88. The van der Waals surface area contributed by atoms with E-state index in [1.54, 1.807) is 72.8 Å². The predicted octanol–water partition coefficient (Wildman–Crippen LogP) is 3.96. The van der Waals surface area contributed by atoms with Gasteiger partial charge in [-0.1, -0.05) is 42.5 Å². The van der Waals surface area contributed by atoms with Crippen molar-refractivity contribution >= 4 is 29.1 Å². The molecule has 1 amide bonds. The van der Waals surface area contributed by atoms with E-state index in [0.717, 1.165) is 0 Å². The number of hydrogen-bond acceptors (Lipinski definition) is 6. The van der Waals surface area contributed by atoms with Crippen molar-refractivity contribution in [3.63, 3.8) is 0 Å². The molecule has 35 heavy (non-hydrogen) atoms. The van der Waals surface area contributed by atoms with Crippen LogP contribution in [0.15, 0.2) is 78.4 Å². The number of carbonyl (C=O) groups excluding carboxylic acids is 2. The van der Waals surface area contributed by atoms with E-state index >= 15 is 0 Å². The molecule has 178 valence electrons. The minimum Gasteiger partial charge on any atom is -0.507 e. The minimum atomic E-state index is -0.999. The van der Waals surface area contributed by atoms with E-state index in [1.807, 2.05) is 0 Å². The smallest absolute Gasteiger partial charge is 0.307 e. The number of rotatable bonds is 7. The third kappa shape index (κ3) is 4.46. The Kier molecular flexibility index (Phi) is 6.55. The monoisotopic (exact) mass is 473 g/mol. The van der Waals surface area contributed by atoms with Gasteiger partial charge in [-0.15, -0.1) is 0 Å². The Morgan fingerprint density at radius 2 is 1.60 bits per heavy atom. The summed E-state index contributed by atoms with van der Waals surface area (Å²) in [6, 6.07) is 18.8. The molecule has 1 heterocycles. The van der Waals surface area contributed by atoms with Crippen LogP contribution >= 0.6 is 0 Å². The molecule has 2 N–H and O–H groups in total. The summed E-state index contributed by atoms with van der Waals surface area (Å²) < 4.78 is 10.8. The Hall–Kier alpha value is -4.59. The van der Waals surface area contributed by atoms with E-state index in [0.29, 0.717) is 33.9 Å². The van der Waals surface area contributed by atoms with Gasteiger partial charge in [0.2, 0.25) is 0 Å². The summed E-state index contributed by atoms with van der Waals surface area (Å²) in [4.78, 5) is 38.9. The van der Waals surface area contributed by atoms with Crippen LogP contribution in [0.5, 0.6) is 11.5 Å². The number of carboxylic acids is 1. The van der Waals surface area contributed by atoms with Crippen LogP contribution in [0.3, 0.4) is 0 Å². The lowest BCUT2D eigenvalue weighted by atomic mass is 9.94. The van der Waals surface area contributed by atoms with E-state index in [-0.39, 0.29) is 17.8 Å². The number of anilines is 1. The molecule has 3 aromatic rings. The number of ether oxygens (including phenoxy) is 2. The highest BCUT2D eigenvalue weighted by Crippen LogP contribution is 2.45. The normalized spacial score (nSPS) is 16.9. The van der Waals surface area contributed by atoms with Crippen molar-refractivity contribution in [3.8, 4) is 11.5 Å². The second kappa shape index (κ2) is 9.72. The minimum absolute atomic E-state index is 0.0840. The van der Waals surface area contributed by atoms with Crippen molar-refractivity contribution in [1.29, 1.82) is 0 Å². The van der Waals surface area contributed by atoms with E-state index in [4.69, 9.17) is 14.6 Å². The largest absolute Gasteiger partial charge is 0.507 e. The van der Waals surface area contributed by atoms with Crippen molar-refractivity contribution in [1.82, 2.24) is 0 Å². The lowest BCUT2D eigenvalue weighted by Crippen LogP contribution is -2.29. The Morgan fingerprint density at radius 1 is 0.914 bits per heavy atom. The van der Waals surface area contributed by atoms with Crippen LogP contribution < -0.4 is 14.4 Å². The number of aliphatic hydroxyl groups is 1. The zero-order chi connectivity index (χ0) is 25.1. The summed E-state index contributed by atoms with van der Waals surface area (Å²) in [5.41, 5.74) is 1.69. The fourth-order valence-electron chi connectivity index (χ4n) is 4.14. The van der Waals surface area contributed by atoms with Gasteiger partial charge in [0.1, 0.15) is 17.3 Å². The highest BCUT2D eigenvalue weighted by atomic mass is 16.5. The fourth-order valence-corrected chi connectivity index (χ4v) is 4.14. The van der Waals surface area contributed by atoms with Crippen molar-refractivity contribution in [2.24, 2.45) is 0 Å². The molecule has 0 aromatic heterocycles. The Balaban J connectivity index is 1.93. The van der Waals surface area contributed by atoms with Crippen LogP contribution in [0, 0.1) is 0 Å². The topological polar surface area (TPSA) is 113 Å². The first kappa shape index (κ1) is 23.6. The van der Waals surface area contributed by atoms with Gasteiger partial charge in [-0.2, -0.15) is 0 Å². The first-order chi connectivity index (χ1) is 16.8. The number of amides is 1. The summed E-state index contributed by atoms with van der Waals surface area (Å²) in [5.74, 6) is -2.08. The number of aliphatic hydroxyl groups excluding tert-OH is 1. The molecule has 3 aromatic carbocycles. The van der Waals surface area contributed by atoms with E-state index in [1.165, 1.54) is 19.1 Å². The van der Waals surface area contributed by atoms with Crippen LogP contribution in [0.4, 0.5) is 5.69 Å². The molecule has 1 unspecified atom stereocenters. The van der Waals surface area contributed by atoms with Crippen molar-refractivity contribution in [2.45, 2.75) is 12.5 Å². The number of benzene rings is 3. The molecule has 8 heteroatoms. The number of methoxy groups -OCH3 is 2. The lowest BCUT2D eigenvalue weighted by Gasteiger charge is -2.27. The van der Waals surface area contributed by atoms with Gasteiger partial charge >= 0.3 is 5.97 Å². The Morgan fingerprint density at radius 3 is 2.20 bits per heavy atom. The molecule has 0 radical (unpaired) electrons. The number of aliphatic carboxylic acids is 1. The number of Topliss-reactive ketones (excluding diaryl/α,β-unsaturated/α-hetero) is 1. The van der Waals surface area contributed by atoms with Crippen LogP contribution in [0.1, 0.15) is 22.7 Å². The standard InChI is InChI=1S/C27H23NO7/c1-34-19-12-13-20(21(15-19)35-2)24-23(25(31)17-6-4-3-5-7-17)26(32)27(33)28(24)18-10-8-16(9-11-18)14-22(29)30/h3-13,15,24,31H,14H2,1-2H3,(H,29,30)/b25-23+. The second-order valence-electron chi connectivity index (χ2n) is 7.88. The molecule has 8 nitrogen and oxygen atoms in total. The van der Waals surface area contributed by atoms with Crippen LogP contribution in [0.2, 0.25) is 0 Å². The van der Waals surface area contributed by atoms with Gasteiger partial charge in [0, 0.05) is 22.9 Å². The van der Waals surface area contributed by atoms with Gasteiger partial charge in [0.15, 0.2) is 0 Å². The molecule has 0 bridgehead atoms. The first-order valence-corrected chi connectivity index (χ1v) is 10.7. The van der Waals surface area contributed by atoms with E-state index in [2.05, 4.69) is 0 Å². The van der Waals surface area contributed by atoms with Crippen LogP contribution in [0.25, 0.3) is 5.76 Å². The van der Waals surface area contributed by atoms with Gasteiger partial charge in [-0.3, -0.25) is 19.3 Å². The lowest BCUT2D eigenvalue weighted by molar-refractivity contribution is -0.136. The maximum atomic E-state index is 13.3. The quantitative estimate of drug-likeness (QED) is 0.303. The Bertz CT molecular complexity index is 1310. The molecule has 4 rings (SSSR count). The van der Waals surface area contributed by atoms with Crippen molar-refractivity contribution in [3.05, 3.63) is 95.1 Å². The first-order valence-electron chi connectivity index (χ1n) is 10.7. The molecule has 0 spiro atoms. The van der Waals surface area contributed by atoms with E-state index < -0.39 is 23.7 Å². The number of hydrogen-bond donors (Lipinski definition) is 2. The van der Waals surface area contributed by atoms with Gasteiger partial charge in [0.25, 0.3) is 11.7 Å². The third-order valence-electron chi connectivity index (χ3n) is 5.80. The summed E-state index contributed by atoms with van der Waals surface area (Å²) in [7, 11) is 2.97. The molecular formula is C27H23NO7. The van der Waals surface area contributed by atoms with Crippen molar-refractivity contribution < 1.29 is 34.1 Å². The number of carbonyl (C=O) groups is 3. The van der Waals surface area contributed by atoms with Crippen molar-refractivity contribution in [2.75, 3.05) is 19.1 Å². The highest BCUT2D eigenvalue weighted by molar-refractivity contribution is 6.51. The molecule has 1 aliphatic rings. The zero-order valence-electron chi connectivity index (χ0n) is 19.1. The average Bonchev–Trinajstić information content (AvgIpc) is 3.13. The molecule has 1 fully saturated rings. The molecule has 0 aliphatic carbocycles. The van der Waals surface area contributed by atoms with Gasteiger partial charge in [-0.05, 0) is 29.8 Å². The van der Waals surface area contributed by atoms with Gasteiger partial charge in [0.05, 0.1) is 32.3 Å². The fraction of sp³-hybridized carbons (Fsp3) is 0.148. The zero-order valence-corrected chi connectivity index (χ0v) is 19.1. The SMILES string of the molecule is COc1ccc(C2/C(=C(\O)c3ccccc3)C(=O)C(=O)N2c2ccc(CC(=O)O)cc2)c(OC)c1. The molecular weight excluding hydrogens is 450 g/mol. The number of carboxylic acid groups (broad SMARTS) is 1. The maximum absolute atomic E-state index is 13.3. The highest BCUT2D eigenvalue weighted by Gasteiger charge is 2.48. The third-order valence-corrected chi connectivity index (χ3v) is 5.80. The van der Waals surface area contributed by atoms with Crippen LogP contribution in [-0.2, 0) is 20.8 Å². The van der Waals surface area contributed by atoms with Gasteiger partial charge in [-0.25, -0.2) is 0 Å². The van der Waals surface area contributed by atoms with Gasteiger partial charge < -0.3 is 19.7 Å². The predicted molar refractivity (Wildman–Crippen MR) is 129 cm³/mol. The molecule has 1 aliphatic heterocycles. The Labute approximate surface area is 201 Å². The number of nitrogens with zero attached hydrogens (tertiary/aromatic N) is 1. The molecule has 1 atom stereocenters. The average molecular weight is 473 g/mol. The maximum Gasteiger partial charge on any atom is 0.307 e. The summed E-state index contributed by atoms with van der Waals surface area (Å²) in [6.45, 7) is 0. The summed E-state index contributed by atoms with van der Waals surface area (Å²) >= 11 is 0. The summed E-state index contributed by atoms with van der Waals surface area (Å²) in [6.07, 6.45) is -0.178. The van der Waals surface area contributed by atoms with E-state index in [9.17, 15) is 19.5 Å².